The third kappa shape index (κ3) is 2.98. The SMILES string of the molecule is CNC(=O)c1cc(CN2C(=O)C3(COc4cc5c(cc43)CCO5)c3ccccc32)oc1C(F)(F)F. The summed E-state index contributed by atoms with van der Waals surface area (Å²) in [5.41, 5.74) is 1.19. The molecule has 0 saturated heterocycles. The van der Waals surface area contributed by atoms with E-state index in [1.54, 1.807) is 18.2 Å². The molecule has 1 unspecified atom stereocenters. The van der Waals surface area contributed by atoms with Gasteiger partial charge in [-0.3, -0.25) is 9.59 Å². The Bertz CT molecular complexity index is 1400. The topological polar surface area (TPSA) is 81.0 Å². The molecule has 0 saturated carbocycles. The molecule has 1 N–H and O–H groups in total. The predicted molar refractivity (Wildman–Crippen MR) is 117 cm³/mol. The van der Waals surface area contributed by atoms with Crippen LogP contribution in [0, 0.1) is 0 Å². The Morgan fingerprint density at radius 3 is 2.69 bits per heavy atom. The van der Waals surface area contributed by atoms with Crippen molar-refractivity contribution < 1.29 is 36.7 Å². The zero-order valence-electron chi connectivity index (χ0n) is 18.5. The number of hydrogen-bond donors (Lipinski definition) is 1. The quantitative estimate of drug-likeness (QED) is 0.612. The van der Waals surface area contributed by atoms with E-state index < -0.39 is 28.8 Å². The van der Waals surface area contributed by atoms with Crippen molar-refractivity contribution in [2.75, 3.05) is 25.2 Å². The fraction of sp³-hybridized carbons (Fsp3) is 0.280. The highest BCUT2D eigenvalue weighted by Gasteiger charge is 2.57. The van der Waals surface area contributed by atoms with Gasteiger partial charge in [-0.1, -0.05) is 18.2 Å². The van der Waals surface area contributed by atoms with E-state index in [0.717, 1.165) is 17.4 Å². The summed E-state index contributed by atoms with van der Waals surface area (Å²) in [7, 11) is 1.23. The third-order valence-corrected chi connectivity index (χ3v) is 6.79. The van der Waals surface area contributed by atoms with Crippen LogP contribution >= 0.6 is 0 Å². The summed E-state index contributed by atoms with van der Waals surface area (Å²) in [6, 6.07) is 11.9. The summed E-state index contributed by atoms with van der Waals surface area (Å²) < 4.78 is 57.2. The van der Waals surface area contributed by atoms with E-state index in [-0.39, 0.29) is 24.8 Å². The second-order valence-electron chi connectivity index (χ2n) is 8.69. The third-order valence-electron chi connectivity index (χ3n) is 6.79. The van der Waals surface area contributed by atoms with Crippen molar-refractivity contribution in [2.24, 2.45) is 0 Å². The van der Waals surface area contributed by atoms with Gasteiger partial charge in [0.1, 0.15) is 29.3 Å². The van der Waals surface area contributed by atoms with Crippen molar-refractivity contribution in [1.29, 1.82) is 0 Å². The van der Waals surface area contributed by atoms with Gasteiger partial charge in [0.15, 0.2) is 0 Å². The maximum Gasteiger partial charge on any atom is 0.450 e. The summed E-state index contributed by atoms with van der Waals surface area (Å²) in [6.07, 6.45) is -4.15. The zero-order chi connectivity index (χ0) is 24.5. The number of nitrogens with one attached hydrogen (secondary N) is 1. The van der Waals surface area contributed by atoms with Crippen molar-refractivity contribution in [3.63, 3.8) is 0 Å². The van der Waals surface area contributed by atoms with Gasteiger partial charge in [-0.25, -0.2) is 0 Å². The van der Waals surface area contributed by atoms with Crippen LogP contribution in [-0.2, 0) is 29.4 Å². The van der Waals surface area contributed by atoms with Gasteiger partial charge in [0.2, 0.25) is 11.7 Å². The number of carbonyl (C=O) groups excluding carboxylic acids is 2. The summed E-state index contributed by atoms with van der Waals surface area (Å²) in [6.45, 7) is 0.337. The van der Waals surface area contributed by atoms with Crippen molar-refractivity contribution >= 4 is 17.5 Å². The lowest BCUT2D eigenvalue weighted by molar-refractivity contribution is -0.153. The first-order valence-corrected chi connectivity index (χ1v) is 11.0. The predicted octanol–water partition coefficient (Wildman–Crippen LogP) is 3.82. The number of nitrogens with zero attached hydrogens (tertiary/aromatic N) is 1. The number of carbonyl (C=O) groups is 2. The Balaban J connectivity index is 1.44. The maximum absolute atomic E-state index is 14.0. The average molecular weight is 484 g/mol. The van der Waals surface area contributed by atoms with E-state index in [1.807, 2.05) is 18.2 Å². The number of ether oxygens (including phenoxy) is 2. The van der Waals surface area contributed by atoms with Crippen LogP contribution in [0.25, 0.3) is 0 Å². The first-order valence-electron chi connectivity index (χ1n) is 11.0. The zero-order valence-corrected chi connectivity index (χ0v) is 18.5. The van der Waals surface area contributed by atoms with Crippen LogP contribution in [0.1, 0.15) is 38.6 Å². The number of benzene rings is 2. The number of amides is 2. The average Bonchev–Trinajstić information content (AvgIpc) is 3.60. The molecule has 1 atom stereocenters. The molecule has 0 radical (unpaired) electrons. The molecular weight excluding hydrogens is 465 g/mol. The van der Waals surface area contributed by atoms with Crippen molar-refractivity contribution in [3.8, 4) is 11.5 Å². The van der Waals surface area contributed by atoms with E-state index >= 15 is 0 Å². The minimum atomic E-state index is -4.87. The number of fused-ring (bicyclic) bond motifs is 5. The Morgan fingerprint density at radius 2 is 1.91 bits per heavy atom. The van der Waals surface area contributed by atoms with E-state index in [2.05, 4.69) is 5.32 Å². The van der Waals surface area contributed by atoms with Gasteiger partial charge in [0, 0.05) is 30.8 Å². The van der Waals surface area contributed by atoms with E-state index in [0.29, 0.717) is 35.6 Å². The molecule has 6 rings (SSSR count). The van der Waals surface area contributed by atoms with E-state index in [1.165, 1.54) is 11.9 Å². The lowest BCUT2D eigenvalue weighted by atomic mass is 9.76. The molecule has 35 heavy (non-hydrogen) atoms. The maximum atomic E-state index is 14.0. The summed E-state index contributed by atoms with van der Waals surface area (Å²) in [4.78, 5) is 27.4. The first kappa shape index (κ1) is 21.6. The van der Waals surface area contributed by atoms with E-state index in [9.17, 15) is 22.8 Å². The summed E-state index contributed by atoms with van der Waals surface area (Å²) >= 11 is 0. The van der Waals surface area contributed by atoms with Crippen LogP contribution in [-0.4, -0.2) is 32.1 Å². The molecule has 4 heterocycles. The molecule has 1 spiro atoms. The number of hydrogen-bond acceptors (Lipinski definition) is 5. The van der Waals surface area contributed by atoms with Crippen molar-refractivity contribution in [3.05, 3.63) is 76.2 Å². The summed E-state index contributed by atoms with van der Waals surface area (Å²) in [5, 5.41) is 2.19. The summed E-state index contributed by atoms with van der Waals surface area (Å²) in [5.74, 6) is -1.53. The largest absolute Gasteiger partial charge is 0.493 e. The molecular formula is C25H19F3N2O5. The van der Waals surface area contributed by atoms with Gasteiger partial charge < -0.3 is 24.1 Å². The van der Waals surface area contributed by atoms with Crippen LogP contribution in [0.15, 0.2) is 46.9 Å². The Hall–Kier alpha value is -3.95. The van der Waals surface area contributed by atoms with Crippen LogP contribution in [0.5, 0.6) is 11.5 Å². The number of rotatable bonds is 3. The number of alkyl halides is 3. The highest BCUT2D eigenvalue weighted by Crippen LogP contribution is 2.54. The minimum Gasteiger partial charge on any atom is -0.493 e. The molecule has 7 nitrogen and oxygen atoms in total. The molecule has 0 aliphatic carbocycles. The lowest BCUT2D eigenvalue weighted by Gasteiger charge is -2.23. The highest BCUT2D eigenvalue weighted by molar-refractivity contribution is 6.11. The van der Waals surface area contributed by atoms with Gasteiger partial charge in [0.05, 0.1) is 18.7 Å². The molecule has 3 aromatic rings. The lowest BCUT2D eigenvalue weighted by Crippen LogP contribution is -2.42. The smallest absolute Gasteiger partial charge is 0.450 e. The van der Waals surface area contributed by atoms with Gasteiger partial charge in [0.25, 0.3) is 5.91 Å². The number of furan rings is 1. The van der Waals surface area contributed by atoms with Crippen molar-refractivity contribution in [2.45, 2.75) is 24.6 Å². The van der Waals surface area contributed by atoms with Gasteiger partial charge in [-0.15, -0.1) is 0 Å². The van der Waals surface area contributed by atoms with Gasteiger partial charge >= 0.3 is 6.18 Å². The molecule has 0 bridgehead atoms. The second kappa shape index (κ2) is 7.27. The van der Waals surface area contributed by atoms with Crippen LogP contribution < -0.4 is 19.7 Å². The number of para-hydroxylation sites is 1. The van der Waals surface area contributed by atoms with E-state index in [4.69, 9.17) is 13.9 Å². The number of anilines is 1. The molecule has 2 aromatic carbocycles. The molecule has 0 fully saturated rings. The Kier molecular flexibility index (Phi) is 4.48. The Labute approximate surface area is 197 Å². The molecule has 10 heteroatoms. The Morgan fingerprint density at radius 1 is 1.11 bits per heavy atom. The highest BCUT2D eigenvalue weighted by atomic mass is 19.4. The fourth-order valence-electron chi connectivity index (χ4n) is 5.19. The molecule has 180 valence electrons. The standard InChI is InChI=1S/C25H19F3N2O5/c1-29-22(31)15-9-14(35-21(15)25(26,27)28)11-30-18-5-3-2-4-16(18)24(23(30)32)12-34-20-10-19-13(6-7-33-19)8-17(20)24/h2-5,8-10H,6-7,11-12H2,1H3,(H,29,31). The van der Waals surface area contributed by atoms with Crippen LogP contribution in [0.2, 0.25) is 0 Å². The normalized spacial score (nSPS) is 19.9. The van der Waals surface area contributed by atoms with Gasteiger partial charge in [-0.2, -0.15) is 13.2 Å². The minimum absolute atomic E-state index is 0.0625. The van der Waals surface area contributed by atoms with Crippen LogP contribution in [0.3, 0.4) is 0 Å². The monoisotopic (exact) mass is 484 g/mol. The molecule has 3 aliphatic rings. The van der Waals surface area contributed by atoms with Gasteiger partial charge in [-0.05, 0) is 29.3 Å². The van der Waals surface area contributed by atoms with Crippen LogP contribution in [0.4, 0.5) is 18.9 Å². The first-order chi connectivity index (χ1) is 16.7. The molecule has 2 amide bonds. The second-order valence-corrected chi connectivity index (χ2v) is 8.69. The molecule has 3 aliphatic heterocycles. The molecule has 1 aromatic heterocycles. The van der Waals surface area contributed by atoms with Crippen molar-refractivity contribution in [1.82, 2.24) is 5.32 Å². The fourth-order valence-corrected chi connectivity index (χ4v) is 5.19. The number of halogens is 3.